The predicted octanol–water partition coefficient (Wildman–Crippen LogP) is 3.74. The molecule has 0 bridgehead atoms. The van der Waals surface area contributed by atoms with Crippen molar-refractivity contribution >= 4 is 40.6 Å². The topological polar surface area (TPSA) is 89.0 Å². The average molecular weight is 541 g/mol. The van der Waals surface area contributed by atoms with Gasteiger partial charge in [0.05, 0.1) is 23.5 Å². The molecule has 0 fully saturated rings. The highest BCUT2D eigenvalue weighted by molar-refractivity contribution is 14.1. The molecule has 0 heterocycles. The van der Waals surface area contributed by atoms with Crippen molar-refractivity contribution in [2.75, 3.05) is 13.7 Å². The molecule has 0 saturated heterocycles. The quantitative estimate of drug-likeness (QED) is 0.288. The summed E-state index contributed by atoms with van der Waals surface area (Å²) in [6.07, 6.45) is 1.48. The lowest BCUT2D eigenvalue weighted by molar-refractivity contribution is -0.123. The molecule has 2 amide bonds. The third kappa shape index (κ3) is 6.91. The maximum absolute atomic E-state index is 13.1. The number of methoxy groups -OCH3 is 1. The van der Waals surface area contributed by atoms with Crippen LogP contribution in [0.25, 0.3) is 0 Å². The van der Waals surface area contributed by atoms with Gasteiger partial charge in [-0.25, -0.2) is 9.82 Å². The summed E-state index contributed by atoms with van der Waals surface area (Å²) >= 11 is 2.14. The standard InChI is InChI=1S/C22H25FIN3O4/c1-5-31-20-17(24)10-14(11-18(20)30-4)12-25-27-22(29)19(13(2)3)26-21(28)15-6-8-16(23)9-7-15/h6-13,19H,5H2,1-4H3,(H,26,28)(H,27,29). The molecule has 0 radical (unpaired) electrons. The maximum atomic E-state index is 13.1. The fourth-order valence-corrected chi connectivity index (χ4v) is 3.48. The predicted molar refractivity (Wildman–Crippen MR) is 125 cm³/mol. The van der Waals surface area contributed by atoms with Crippen molar-refractivity contribution in [1.29, 1.82) is 0 Å². The van der Waals surface area contributed by atoms with Gasteiger partial charge in [-0.2, -0.15) is 5.10 Å². The third-order valence-corrected chi connectivity index (χ3v) is 5.07. The van der Waals surface area contributed by atoms with Gasteiger partial charge in [0.2, 0.25) is 0 Å². The van der Waals surface area contributed by atoms with Gasteiger partial charge in [0.15, 0.2) is 11.5 Å². The largest absolute Gasteiger partial charge is 0.493 e. The molecule has 0 spiro atoms. The number of amides is 2. The van der Waals surface area contributed by atoms with E-state index >= 15 is 0 Å². The van der Waals surface area contributed by atoms with Crippen LogP contribution in [0.3, 0.4) is 0 Å². The highest BCUT2D eigenvalue weighted by Crippen LogP contribution is 2.33. The second kappa shape index (κ2) is 11.6. The SMILES string of the molecule is CCOc1c(I)cc(C=NNC(=O)C(NC(=O)c2ccc(F)cc2)C(C)C)cc1OC. The van der Waals surface area contributed by atoms with Crippen LogP contribution >= 0.6 is 22.6 Å². The summed E-state index contributed by atoms with van der Waals surface area (Å²) in [5.41, 5.74) is 3.43. The summed E-state index contributed by atoms with van der Waals surface area (Å²) in [4.78, 5) is 25.0. The summed E-state index contributed by atoms with van der Waals surface area (Å²) in [5.74, 6) is -0.350. The Balaban J connectivity index is 2.07. The fraction of sp³-hybridized carbons (Fsp3) is 0.318. The first-order chi connectivity index (χ1) is 14.8. The molecule has 2 N–H and O–H groups in total. The van der Waals surface area contributed by atoms with E-state index in [0.717, 1.165) is 3.57 Å². The molecule has 1 atom stereocenters. The number of nitrogens with one attached hydrogen (secondary N) is 2. The minimum Gasteiger partial charge on any atom is -0.493 e. The van der Waals surface area contributed by atoms with Crippen molar-refractivity contribution in [3.63, 3.8) is 0 Å². The summed E-state index contributed by atoms with van der Waals surface area (Å²) in [6.45, 7) is 6.01. The van der Waals surface area contributed by atoms with E-state index in [1.54, 1.807) is 27.0 Å². The molecule has 0 aliphatic heterocycles. The van der Waals surface area contributed by atoms with Crippen molar-refractivity contribution in [2.45, 2.75) is 26.8 Å². The van der Waals surface area contributed by atoms with Gasteiger partial charge in [-0.3, -0.25) is 9.59 Å². The van der Waals surface area contributed by atoms with Crippen LogP contribution in [0.2, 0.25) is 0 Å². The van der Waals surface area contributed by atoms with Crippen LogP contribution in [0, 0.1) is 15.3 Å². The number of carbonyl (C=O) groups excluding carboxylic acids is 2. The monoisotopic (exact) mass is 541 g/mol. The average Bonchev–Trinajstić information content (AvgIpc) is 2.73. The first-order valence-corrected chi connectivity index (χ1v) is 10.7. The van der Waals surface area contributed by atoms with Crippen LogP contribution in [-0.2, 0) is 4.79 Å². The molecule has 0 aliphatic rings. The number of ether oxygens (including phenoxy) is 2. The number of hydrogen-bond donors (Lipinski definition) is 2. The zero-order valence-corrected chi connectivity index (χ0v) is 19.9. The van der Waals surface area contributed by atoms with E-state index in [1.165, 1.54) is 30.5 Å². The molecule has 1 unspecified atom stereocenters. The zero-order chi connectivity index (χ0) is 23.0. The first kappa shape index (κ1) is 24.6. The minimum atomic E-state index is -0.815. The molecule has 2 aromatic carbocycles. The van der Waals surface area contributed by atoms with E-state index in [4.69, 9.17) is 9.47 Å². The summed E-state index contributed by atoms with van der Waals surface area (Å²) in [6, 6.07) is 7.88. The van der Waals surface area contributed by atoms with Gasteiger partial charge in [-0.1, -0.05) is 13.8 Å². The van der Waals surface area contributed by atoms with Crippen LogP contribution in [0.4, 0.5) is 4.39 Å². The molecule has 0 saturated carbocycles. The molecular weight excluding hydrogens is 516 g/mol. The molecule has 7 nitrogen and oxygen atoms in total. The van der Waals surface area contributed by atoms with Crippen LogP contribution in [0.1, 0.15) is 36.7 Å². The highest BCUT2D eigenvalue weighted by Gasteiger charge is 2.24. The highest BCUT2D eigenvalue weighted by atomic mass is 127. The normalized spacial score (nSPS) is 12.0. The lowest BCUT2D eigenvalue weighted by Crippen LogP contribution is -2.48. The van der Waals surface area contributed by atoms with Gasteiger partial charge < -0.3 is 14.8 Å². The molecular formula is C22H25FIN3O4. The fourth-order valence-electron chi connectivity index (χ4n) is 2.70. The summed E-state index contributed by atoms with van der Waals surface area (Å²) < 4.78 is 24.8. The number of benzene rings is 2. The smallest absolute Gasteiger partial charge is 0.262 e. The first-order valence-electron chi connectivity index (χ1n) is 9.66. The van der Waals surface area contributed by atoms with E-state index in [2.05, 4.69) is 38.4 Å². The van der Waals surface area contributed by atoms with E-state index in [-0.39, 0.29) is 11.5 Å². The Morgan fingerprint density at radius 3 is 2.48 bits per heavy atom. The third-order valence-electron chi connectivity index (χ3n) is 4.27. The van der Waals surface area contributed by atoms with Crippen molar-refractivity contribution in [3.05, 3.63) is 56.9 Å². The van der Waals surface area contributed by atoms with Crippen LogP contribution < -0.4 is 20.2 Å². The van der Waals surface area contributed by atoms with E-state index in [9.17, 15) is 14.0 Å². The Labute approximate surface area is 194 Å². The van der Waals surface area contributed by atoms with Crippen molar-refractivity contribution < 1.29 is 23.5 Å². The number of rotatable bonds is 9. The Kier molecular flexibility index (Phi) is 9.22. The summed E-state index contributed by atoms with van der Waals surface area (Å²) in [5, 5.41) is 6.67. The van der Waals surface area contributed by atoms with Gasteiger partial charge in [0.1, 0.15) is 11.9 Å². The van der Waals surface area contributed by atoms with E-state index < -0.39 is 23.7 Å². The second-order valence-corrected chi connectivity index (χ2v) is 8.07. The van der Waals surface area contributed by atoms with Crippen LogP contribution in [0.5, 0.6) is 11.5 Å². The van der Waals surface area contributed by atoms with Crippen LogP contribution in [-0.4, -0.2) is 37.8 Å². The zero-order valence-electron chi connectivity index (χ0n) is 17.7. The van der Waals surface area contributed by atoms with E-state index in [0.29, 0.717) is 23.7 Å². The van der Waals surface area contributed by atoms with Gasteiger partial charge in [0, 0.05) is 5.56 Å². The number of hydrogen-bond acceptors (Lipinski definition) is 5. The number of carbonyl (C=O) groups is 2. The van der Waals surface area contributed by atoms with Gasteiger partial charge in [0.25, 0.3) is 11.8 Å². The molecule has 2 rings (SSSR count). The summed E-state index contributed by atoms with van der Waals surface area (Å²) in [7, 11) is 1.55. The minimum absolute atomic E-state index is 0.189. The lowest BCUT2D eigenvalue weighted by atomic mass is 10.0. The van der Waals surface area contributed by atoms with Crippen LogP contribution in [0.15, 0.2) is 41.5 Å². The van der Waals surface area contributed by atoms with Crippen molar-refractivity contribution in [1.82, 2.24) is 10.7 Å². The molecule has 0 aromatic heterocycles. The molecule has 31 heavy (non-hydrogen) atoms. The number of hydrazone groups is 1. The number of nitrogens with zero attached hydrogens (tertiary/aromatic N) is 1. The molecule has 2 aromatic rings. The number of halogens is 2. The van der Waals surface area contributed by atoms with Crippen molar-refractivity contribution in [3.8, 4) is 11.5 Å². The van der Waals surface area contributed by atoms with Gasteiger partial charge in [-0.05, 0) is 77.4 Å². The van der Waals surface area contributed by atoms with Gasteiger partial charge >= 0.3 is 0 Å². The second-order valence-electron chi connectivity index (χ2n) is 6.90. The Bertz CT molecular complexity index is 949. The van der Waals surface area contributed by atoms with Gasteiger partial charge in [-0.15, -0.1) is 0 Å². The lowest BCUT2D eigenvalue weighted by Gasteiger charge is -2.20. The Morgan fingerprint density at radius 2 is 1.90 bits per heavy atom. The van der Waals surface area contributed by atoms with Crippen molar-refractivity contribution in [2.24, 2.45) is 11.0 Å². The molecule has 166 valence electrons. The Morgan fingerprint density at radius 1 is 1.23 bits per heavy atom. The molecule has 0 aliphatic carbocycles. The van der Waals surface area contributed by atoms with E-state index in [1.807, 2.05) is 13.0 Å². The maximum Gasteiger partial charge on any atom is 0.262 e. The molecule has 9 heteroatoms. The Hall–Kier alpha value is -2.69.